The van der Waals surface area contributed by atoms with E-state index in [1.807, 2.05) is 4.72 Å². The number of nitrogens with one attached hydrogen (secondary N) is 2. The molecule has 26 heavy (non-hydrogen) atoms. The molecule has 0 heterocycles. The summed E-state index contributed by atoms with van der Waals surface area (Å²) in [5.41, 5.74) is -0.812. The van der Waals surface area contributed by atoms with Gasteiger partial charge in [-0.05, 0) is 30.3 Å². The van der Waals surface area contributed by atoms with E-state index in [4.69, 9.17) is 0 Å². The second-order valence-electron chi connectivity index (χ2n) is 5.02. The molecule has 140 valence electrons. The Balaban J connectivity index is 2.33. The number of rotatable bonds is 5. The molecule has 2 N–H and O–H groups in total. The standard InChI is InChI=1S/C15H11F5N2O3S/c16-9-5-6-11(17)13(7-9)26(24,25)22-12-4-2-1-3-10(12)14(23)21-8-15(18,19)20/h1-7,22H,8H2,(H,21,23). The minimum absolute atomic E-state index is 0.393. The third kappa shape index (κ3) is 4.91. The lowest BCUT2D eigenvalue weighted by Gasteiger charge is -2.14. The Morgan fingerprint density at radius 2 is 1.69 bits per heavy atom. The van der Waals surface area contributed by atoms with Crippen molar-refractivity contribution in [3.63, 3.8) is 0 Å². The molecule has 0 saturated carbocycles. The SMILES string of the molecule is O=C(NCC(F)(F)F)c1ccccc1NS(=O)(=O)c1cc(F)ccc1F. The monoisotopic (exact) mass is 394 g/mol. The average molecular weight is 394 g/mol. The summed E-state index contributed by atoms with van der Waals surface area (Å²) in [4.78, 5) is 10.9. The lowest BCUT2D eigenvalue weighted by atomic mass is 10.1. The molecule has 5 nitrogen and oxygen atoms in total. The van der Waals surface area contributed by atoms with Crippen LogP contribution in [0, 0.1) is 11.6 Å². The molecule has 0 atom stereocenters. The Morgan fingerprint density at radius 3 is 2.35 bits per heavy atom. The van der Waals surface area contributed by atoms with Gasteiger partial charge in [-0.25, -0.2) is 17.2 Å². The van der Waals surface area contributed by atoms with E-state index in [-0.39, 0.29) is 0 Å². The van der Waals surface area contributed by atoms with Crippen molar-refractivity contribution in [2.75, 3.05) is 11.3 Å². The van der Waals surface area contributed by atoms with Crippen molar-refractivity contribution < 1.29 is 35.2 Å². The highest BCUT2D eigenvalue weighted by Crippen LogP contribution is 2.23. The number of amides is 1. The fourth-order valence-corrected chi connectivity index (χ4v) is 3.10. The summed E-state index contributed by atoms with van der Waals surface area (Å²) < 4.78 is 89.9. The number of sulfonamides is 1. The van der Waals surface area contributed by atoms with Gasteiger partial charge in [-0.2, -0.15) is 13.2 Å². The summed E-state index contributed by atoms with van der Waals surface area (Å²) in [5.74, 6) is -3.44. The first kappa shape index (κ1) is 19.6. The molecule has 0 aromatic heterocycles. The first-order valence-corrected chi connectivity index (χ1v) is 8.40. The molecular weight excluding hydrogens is 383 g/mol. The fraction of sp³-hybridized carbons (Fsp3) is 0.133. The van der Waals surface area contributed by atoms with Crippen LogP contribution in [-0.2, 0) is 10.0 Å². The number of anilines is 1. The Morgan fingerprint density at radius 1 is 1.04 bits per heavy atom. The van der Waals surface area contributed by atoms with Crippen molar-refractivity contribution in [3.05, 3.63) is 59.7 Å². The van der Waals surface area contributed by atoms with Gasteiger partial charge >= 0.3 is 6.18 Å². The molecule has 0 aliphatic heterocycles. The molecule has 0 aliphatic rings. The van der Waals surface area contributed by atoms with Crippen LogP contribution in [0.5, 0.6) is 0 Å². The van der Waals surface area contributed by atoms with Gasteiger partial charge in [0.2, 0.25) is 0 Å². The van der Waals surface area contributed by atoms with Crippen LogP contribution in [0.1, 0.15) is 10.4 Å². The van der Waals surface area contributed by atoms with E-state index in [0.29, 0.717) is 18.2 Å². The van der Waals surface area contributed by atoms with Gasteiger partial charge in [-0.1, -0.05) is 12.1 Å². The van der Waals surface area contributed by atoms with Gasteiger partial charge in [-0.15, -0.1) is 0 Å². The van der Waals surface area contributed by atoms with Crippen LogP contribution in [0.15, 0.2) is 47.4 Å². The minimum Gasteiger partial charge on any atom is -0.343 e. The van der Waals surface area contributed by atoms with Crippen LogP contribution in [-0.4, -0.2) is 27.0 Å². The van der Waals surface area contributed by atoms with Crippen LogP contribution in [0.3, 0.4) is 0 Å². The zero-order valence-electron chi connectivity index (χ0n) is 12.8. The summed E-state index contributed by atoms with van der Waals surface area (Å²) >= 11 is 0. The lowest BCUT2D eigenvalue weighted by Crippen LogP contribution is -2.34. The number of benzene rings is 2. The van der Waals surface area contributed by atoms with Gasteiger partial charge in [0.05, 0.1) is 11.3 Å². The molecule has 0 aliphatic carbocycles. The van der Waals surface area contributed by atoms with Gasteiger partial charge in [0.1, 0.15) is 23.1 Å². The van der Waals surface area contributed by atoms with E-state index < -0.39 is 56.4 Å². The third-order valence-corrected chi connectivity index (χ3v) is 4.43. The summed E-state index contributed by atoms with van der Waals surface area (Å²) in [6.45, 7) is -1.62. The average Bonchev–Trinajstić information content (AvgIpc) is 2.54. The van der Waals surface area contributed by atoms with Gasteiger partial charge in [-0.3, -0.25) is 9.52 Å². The maximum atomic E-state index is 13.7. The fourth-order valence-electron chi connectivity index (χ4n) is 1.93. The topological polar surface area (TPSA) is 75.3 Å². The Labute approximate surface area is 144 Å². The van der Waals surface area contributed by atoms with Gasteiger partial charge in [0, 0.05) is 0 Å². The van der Waals surface area contributed by atoms with E-state index >= 15 is 0 Å². The normalized spacial score (nSPS) is 11.9. The van der Waals surface area contributed by atoms with E-state index in [2.05, 4.69) is 0 Å². The largest absolute Gasteiger partial charge is 0.405 e. The first-order chi connectivity index (χ1) is 12.0. The highest BCUT2D eigenvalue weighted by Gasteiger charge is 2.29. The molecule has 0 unspecified atom stereocenters. The number of hydrogen-bond donors (Lipinski definition) is 2. The molecule has 0 radical (unpaired) electrons. The second-order valence-corrected chi connectivity index (χ2v) is 6.67. The summed E-state index contributed by atoms with van der Waals surface area (Å²) in [5, 5.41) is 1.59. The van der Waals surface area contributed by atoms with Crippen molar-refractivity contribution in [1.29, 1.82) is 0 Å². The van der Waals surface area contributed by atoms with Crippen LogP contribution >= 0.6 is 0 Å². The van der Waals surface area contributed by atoms with Crippen molar-refractivity contribution >= 4 is 21.6 Å². The second kappa shape index (κ2) is 7.28. The van der Waals surface area contributed by atoms with E-state index in [1.54, 1.807) is 5.32 Å². The third-order valence-electron chi connectivity index (χ3n) is 3.05. The van der Waals surface area contributed by atoms with Gasteiger partial charge in [0.25, 0.3) is 15.9 Å². The molecule has 0 bridgehead atoms. The zero-order valence-corrected chi connectivity index (χ0v) is 13.6. The molecule has 2 aromatic carbocycles. The highest BCUT2D eigenvalue weighted by molar-refractivity contribution is 7.92. The van der Waals surface area contributed by atoms with Crippen molar-refractivity contribution in [2.45, 2.75) is 11.1 Å². The van der Waals surface area contributed by atoms with Crippen molar-refractivity contribution in [1.82, 2.24) is 5.32 Å². The molecule has 2 aromatic rings. The quantitative estimate of drug-likeness (QED) is 0.766. The van der Waals surface area contributed by atoms with E-state index in [1.165, 1.54) is 12.1 Å². The van der Waals surface area contributed by atoms with Gasteiger partial charge < -0.3 is 5.32 Å². The zero-order chi connectivity index (χ0) is 19.5. The summed E-state index contributed by atoms with van der Waals surface area (Å²) in [6.07, 6.45) is -4.66. The molecule has 2 rings (SSSR count). The Hall–Kier alpha value is -2.69. The Kier molecular flexibility index (Phi) is 5.50. The maximum Gasteiger partial charge on any atom is 0.405 e. The number of hydrogen-bond acceptors (Lipinski definition) is 3. The molecule has 1 amide bonds. The number of carbonyl (C=O) groups is 1. The van der Waals surface area contributed by atoms with Crippen molar-refractivity contribution in [2.24, 2.45) is 0 Å². The lowest BCUT2D eigenvalue weighted by molar-refractivity contribution is -0.123. The van der Waals surface area contributed by atoms with Crippen LogP contribution in [0.2, 0.25) is 0 Å². The smallest absolute Gasteiger partial charge is 0.343 e. The summed E-state index contributed by atoms with van der Waals surface area (Å²) in [7, 11) is -4.63. The first-order valence-electron chi connectivity index (χ1n) is 6.91. The molecule has 11 heteroatoms. The van der Waals surface area contributed by atoms with Crippen LogP contribution < -0.4 is 10.0 Å². The molecular formula is C15H11F5N2O3S. The van der Waals surface area contributed by atoms with Crippen molar-refractivity contribution in [3.8, 4) is 0 Å². The molecule has 0 fully saturated rings. The van der Waals surface area contributed by atoms with E-state index in [9.17, 15) is 35.2 Å². The summed E-state index contributed by atoms with van der Waals surface area (Å²) in [6, 6.07) is 6.52. The highest BCUT2D eigenvalue weighted by atomic mass is 32.2. The maximum absolute atomic E-state index is 13.7. The van der Waals surface area contributed by atoms with E-state index in [0.717, 1.165) is 12.1 Å². The minimum atomic E-state index is -4.66. The number of halogens is 5. The number of para-hydroxylation sites is 1. The number of carbonyl (C=O) groups excluding carboxylic acids is 1. The molecule has 0 saturated heterocycles. The van der Waals surface area contributed by atoms with Gasteiger partial charge in [0.15, 0.2) is 0 Å². The number of alkyl halides is 3. The predicted octanol–water partition coefficient (Wildman–Crippen LogP) is 3.06. The van der Waals surface area contributed by atoms with Crippen LogP contribution in [0.4, 0.5) is 27.6 Å². The molecule has 0 spiro atoms. The Bertz CT molecular complexity index is 929. The predicted molar refractivity (Wildman–Crippen MR) is 82.0 cm³/mol. The van der Waals surface area contributed by atoms with Crippen LogP contribution in [0.25, 0.3) is 0 Å².